The van der Waals surface area contributed by atoms with Gasteiger partial charge in [0.05, 0.1) is 17.6 Å². The number of hydrogen-bond acceptors (Lipinski definition) is 2. The Bertz CT molecular complexity index is 1010. The highest BCUT2D eigenvalue weighted by Crippen LogP contribution is 2.27. The van der Waals surface area contributed by atoms with Gasteiger partial charge in [-0.3, -0.25) is 0 Å². The van der Waals surface area contributed by atoms with Crippen LogP contribution in [0.5, 0.6) is 0 Å². The molecule has 5 heteroatoms. The van der Waals surface area contributed by atoms with Gasteiger partial charge in [0, 0.05) is 16.8 Å². The van der Waals surface area contributed by atoms with Crippen LogP contribution in [0.25, 0.3) is 22.4 Å². The Morgan fingerprint density at radius 3 is 2.46 bits per heavy atom. The number of nitrogens with zero attached hydrogens (tertiary/aromatic N) is 3. The SMILES string of the molecule is Clc1ccc(-c2nc3ccccc3n2Cc2ccccc2Cl)cn1. The predicted molar refractivity (Wildman–Crippen MR) is 98.5 cm³/mol. The van der Waals surface area contributed by atoms with Crippen LogP contribution >= 0.6 is 23.2 Å². The van der Waals surface area contributed by atoms with E-state index in [1.807, 2.05) is 48.5 Å². The first-order chi connectivity index (χ1) is 11.7. The Balaban J connectivity index is 1.90. The largest absolute Gasteiger partial charge is 0.319 e. The predicted octanol–water partition coefficient (Wildman–Crippen LogP) is 5.45. The summed E-state index contributed by atoms with van der Waals surface area (Å²) in [6, 6.07) is 19.6. The standard InChI is InChI=1S/C19H13Cl2N3/c20-15-6-2-1-5-14(15)12-24-17-8-4-3-7-16(17)23-19(24)13-9-10-18(21)22-11-13/h1-11H,12H2. The number of para-hydroxylation sites is 2. The average Bonchev–Trinajstić information content (AvgIpc) is 2.96. The van der Waals surface area contributed by atoms with Crippen molar-refractivity contribution in [3.05, 3.63) is 82.6 Å². The van der Waals surface area contributed by atoms with E-state index >= 15 is 0 Å². The molecule has 0 atom stereocenters. The van der Waals surface area contributed by atoms with Gasteiger partial charge in [-0.25, -0.2) is 9.97 Å². The summed E-state index contributed by atoms with van der Waals surface area (Å²) in [5.41, 5.74) is 3.96. The number of fused-ring (bicyclic) bond motifs is 1. The highest BCUT2D eigenvalue weighted by atomic mass is 35.5. The maximum atomic E-state index is 6.35. The van der Waals surface area contributed by atoms with E-state index in [1.165, 1.54) is 0 Å². The molecule has 0 aliphatic rings. The minimum absolute atomic E-state index is 0.465. The van der Waals surface area contributed by atoms with Gasteiger partial charge in [0.25, 0.3) is 0 Å². The van der Waals surface area contributed by atoms with Crippen molar-refractivity contribution in [1.29, 1.82) is 0 Å². The third-order valence-electron chi connectivity index (χ3n) is 3.93. The van der Waals surface area contributed by atoms with E-state index in [0.717, 1.165) is 33.0 Å². The van der Waals surface area contributed by atoms with Crippen molar-refractivity contribution in [2.75, 3.05) is 0 Å². The fourth-order valence-electron chi connectivity index (χ4n) is 2.76. The first-order valence-electron chi connectivity index (χ1n) is 7.53. The van der Waals surface area contributed by atoms with Crippen molar-refractivity contribution in [3.8, 4) is 11.4 Å². The Morgan fingerprint density at radius 2 is 1.67 bits per heavy atom. The third-order valence-corrected chi connectivity index (χ3v) is 4.52. The molecule has 0 amide bonds. The Labute approximate surface area is 149 Å². The molecule has 2 heterocycles. The molecule has 24 heavy (non-hydrogen) atoms. The van der Waals surface area contributed by atoms with Crippen LogP contribution in [0.1, 0.15) is 5.56 Å². The van der Waals surface area contributed by atoms with Crippen molar-refractivity contribution in [3.63, 3.8) is 0 Å². The number of imidazole rings is 1. The second-order valence-electron chi connectivity index (χ2n) is 5.47. The first-order valence-corrected chi connectivity index (χ1v) is 8.28. The second kappa shape index (κ2) is 6.27. The molecule has 0 aliphatic carbocycles. The van der Waals surface area contributed by atoms with Gasteiger partial charge in [-0.2, -0.15) is 0 Å². The molecule has 0 aliphatic heterocycles. The molecule has 0 N–H and O–H groups in total. The van der Waals surface area contributed by atoms with Crippen LogP contribution in [-0.2, 0) is 6.54 Å². The lowest BCUT2D eigenvalue weighted by molar-refractivity contribution is 0.834. The Kier molecular flexibility index (Phi) is 3.97. The average molecular weight is 354 g/mol. The smallest absolute Gasteiger partial charge is 0.143 e. The van der Waals surface area contributed by atoms with Crippen LogP contribution in [0.2, 0.25) is 10.2 Å². The number of rotatable bonds is 3. The van der Waals surface area contributed by atoms with E-state index in [2.05, 4.69) is 15.6 Å². The lowest BCUT2D eigenvalue weighted by atomic mass is 10.2. The van der Waals surface area contributed by atoms with Gasteiger partial charge in [-0.1, -0.05) is 53.5 Å². The molecule has 0 saturated carbocycles. The van der Waals surface area contributed by atoms with E-state index in [4.69, 9.17) is 28.2 Å². The van der Waals surface area contributed by atoms with E-state index in [9.17, 15) is 0 Å². The highest BCUT2D eigenvalue weighted by molar-refractivity contribution is 6.31. The van der Waals surface area contributed by atoms with Gasteiger partial charge in [0.1, 0.15) is 11.0 Å². The van der Waals surface area contributed by atoms with Crippen molar-refractivity contribution < 1.29 is 0 Å². The topological polar surface area (TPSA) is 30.7 Å². The molecule has 0 bridgehead atoms. The van der Waals surface area contributed by atoms with Crippen LogP contribution in [0, 0.1) is 0 Å². The summed E-state index contributed by atoms with van der Waals surface area (Å²) < 4.78 is 2.15. The zero-order valence-corrected chi connectivity index (χ0v) is 14.2. The molecule has 4 aromatic rings. The second-order valence-corrected chi connectivity index (χ2v) is 6.27. The Morgan fingerprint density at radius 1 is 0.875 bits per heavy atom. The summed E-state index contributed by atoms with van der Waals surface area (Å²) in [6.45, 7) is 0.637. The summed E-state index contributed by atoms with van der Waals surface area (Å²) in [4.78, 5) is 8.95. The maximum Gasteiger partial charge on any atom is 0.143 e. The van der Waals surface area contributed by atoms with Gasteiger partial charge in [0.15, 0.2) is 0 Å². The lowest BCUT2D eigenvalue weighted by Gasteiger charge is -2.11. The molecular formula is C19H13Cl2N3. The third kappa shape index (κ3) is 2.77. The molecule has 0 fully saturated rings. The summed E-state index contributed by atoms with van der Waals surface area (Å²) in [7, 11) is 0. The molecular weight excluding hydrogens is 341 g/mol. The highest BCUT2D eigenvalue weighted by Gasteiger charge is 2.14. The van der Waals surface area contributed by atoms with E-state index in [-0.39, 0.29) is 0 Å². The molecule has 2 aromatic carbocycles. The molecule has 2 aromatic heterocycles. The van der Waals surface area contributed by atoms with Crippen LogP contribution in [-0.4, -0.2) is 14.5 Å². The molecule has 0 radical (unpaired) electrons. The van der Waals surface area contributed by atoms with Crippen molar-refractivity contribution in [2.24, 2.45) is 0 Å². The van der Waals surface area contributed by atoms with Gasteiger partial charge in [-0.05, 0) is 35.9 Å². The molecule has 118 valence electrons. The monoisotopic (exact) mass is 353 g/mol. The molecule has 0 saturated heterocycles. The number of aromatic nitrogens is 3. The van der Waals surface area contributed by atoms with E-state index < -0.39 is 0 Å². The molecule has 4 rings (SSSR count). The number of halogens is 2. The summed E-state index contributed by atoms with van der Waals surface area (Å²) in [5, 5.41) is 1.21. The van der Waals surface area contributed by atoms with Crippen LogP contribution in [0.3, 0.4) is 0 Å². The van der Waals surface area contributed by atoms with Crippen LogP contribution < -0.4 is 0 Å². The van der Waals surface area contributed by atoms with Crippen molar-refractivity contribution in [1.82, 2.24) is 14.5 Å². The zero-order chi connectivity index (χ0) is 16.5. The molecule has 3 nitrogen and oxygen atoms in total. The minimum Gasteiger partial charge on any atom is -0.319 e. The van der Waals surface area contributed by atoms with E-state index in [0.29, 0.717) is 11.7 Å². The van der Waals surface area contributed by atoms with Gasteiger partial charge in [-0.15, -0.1) is 0 Å². The number of hydrogen-bond donors (Lipinski definition) is 0. The first kappa shape index (κ1) is 15.2. The molecule has 0 spiro atoms. The number of benzene rings is 2. The van der Waals surface area contributed by atoms with Crippen molar-refractivity contribution in [2.45, 2.75) is 6.54 Å². The molecule has 0 unspecified atom stereocenters. The lowest BCUT2D eigenvalue weighted by Crippen LogP contribution is -2.03. The summed E-state index contributed by atoms with van der Waals surface area (Å²) in [6.07, 6.45) is 1.74. The summed E-state index contributed by atoms with van der Waals surface area (Å²) >= 11 is 12.3. The quantitative estimate of drug-likeness (QED) is 0.458. The van der Waals surface area contributed by atoms with Crippen LogP contribution in [0.4, 0.5) is 0 Å². The summed E-state index contributed by atoms with van der Waals surface area (Å²) in [5.74, 6) is 0.847. The fraction of sp³-hybridized carbons (Fsp3) is 0.0526. The maximum absolute atomic E-state index is 6.35. The van der Waals surface area contributed by atoms with Gasteiger partial charge < -0.3 is 4.57 Å². The number of pyridine rings is 1. The fourth-order valence-corrected chi connectivity index (χ4v) is 3.07. The minimum atomic E-state index is 0.465. The van der Waals surface area contributed by atoms with Crippen LogP contribution in [0.15, 0.2) is 66.9 Å². The van der Waals surface area contributed by atoms with E-state index in [1.54, 1.807) is 12.3 Å². The Hall–Kier alpha value is -2.36. The van der Waals surface area contributed by atoms with Gasteiger partial charge >= 0.3 is 0 Å². The van der Waals surface area contributed by atoms with Crippen molar-refractivity contribution >= 4 is 34.2 Å². The zero-order valence-electron chi connectivity index (χ0n) is 12.7. The van der Waals surface area contributed by atoms with Gasteiger partial charge in [0.2, 0.25) is 0 Å². The normalized spacial score (nSPS) is 11.1.